The minimum Gasteiger partial charge on any atom is -0.0654 e. The van der Waals surface area contributed by atoms with E-state index < -0.39 is 0 Å². The van der Waals surface area contributed by atoms with Gasteiger partial charge in [0, 0.05) is 0 Å². The molecular formula is C13H16. The Hall–Kier alpha value is -1.04. The van der Waals surface area contributed by atoms with Gasteiger partial charge in [-0.25, -0.2) is 0 Å². The van der Waals surface area contributed by atoms with Crippen LogP contribution in [0.2, 0.25) is 0 Å². The molecule has 0 N–H and O–H groups in total. The average molecular weight is 172 g/mol. The van der Waals surface area contributed by atoms with Crippen LogP contribution in [0, 0.1) is 13.8 Å². The van der Waals surface area contributed by atoms with Crippen LogP contribution in [-0.4, -0.2) is 0 Å². The van der Waals surface area contributed by atoms with Gasteiger partial charge in [0.1, 0.15) is 0 Å². The van der Waals surface area contributed by atoms with E-state index in [9.17, 15) is 0 Å². The van der Waals surface area contributed by atoms with Gasteiger partial charge in [-0.15, -0.1) is 0 Å². The first kappa shape index (κ1) is 8.55. The predicted molar refractivity (Wildman–Crippen MR) is 57.9 cm³/mol. The number of hydrogen-bond acceptors (Lipinski definition) is 0. The van der Waals surface area contributed by atoms with E-state index >= 15 is 0 Å². The van der Waals surface area contributed by atoms with E-state index in [1.54, 1.807) is 0 Å². The Kier molecular flexibility index (Phi) is 1.80. The molecule has 0 amide bonds. The second-order valence-corrected chi connectivity index (χ2v) is 4.12. The summed E-state index contributed by atoms with van der Waals surface area (Å²) in [5.74, 6) is 0. The lowest BCUT2D eigenvalue weighted by Crippen LogP contribution is -1.91. The fourth-order valence-corrected chi connectivity index (χ4v) is 2.17. The highest BCUT2D eigenvalue weighted by Gasteiger charge is 2.17. The van der Waals surface area contributed by atoms with Crippen molar-refractivity contribution in [2.24, 2.45) is 0 Å². The first-order chi connectivity index (χ1) is 6.11. The summed E-state index contributed by atoms with van der Waals surface area (Å²) in [6, 6.07) is 4.51. The van der Waals surface area contributed by atoms with Gasteiger partial charge in [0.25, 0.3) is 0 Å². The molecule has 0 saturated carbocycles. The van der Waals surface area contributed by atoms with Gasteiger partial charge in [0.05, 0.1) is 0 Å². The van der Waals surface area contributed by atoms with E-state index in [0.717, 1.165) is 6.42 Å². The molecule has 1 aromatic rings. The van der Waals surface area contributed by atoms with Crippen LogP contribution in [0.15, 0.2) is 17.7 Å². The molecule has 0 atom stereocenters. The maximum Gasteiger partial charge on any atom is -0.00578 e. The molecule has 1 aliphatic rings. The highest BCUT2D eigenvalue weighted by atomic mass is 14.2. The minimum absolute atomic E-state index is 1.16. The summed E-state index contributed by atoms with van der Waals surface area (Å²) in [7, 11) is 0. The second kappa shape index (κ2) is 2.73. The lowest BCUT2D eigenvalue weighted by atomic mass is 9.97. The Morgan fingerprint density at radius 3 is 2.38 bits per heavy atom. The number of rotatable bonds is 0. The van der Waals surface area contributed by atoms with Crippen LogP contribution < -0.4 is 0 Å². The largest absolute Gasteiger partial charge is 0.0654 e. The summed E-state index contributed by atoms with van der Waals surface area (Å²) < 4.78 is 0. The van der Waals surface area contributed by atoms with E-state index in [1.165, 1.54) is 33.4 Å². The van der Waals surface area contributed by atoms with Crippen molar-refractivity contribution in [3.8, 4) is 0 Å². The molecule has 0 saturated heterocycles. The summed E-state index contributed by atoms with van der Waals surface area (Å²) in [6.45, 7) is 8.91. The van der Waals surface area contributed by atoms with Gasteiger partial charge >= 0.3 is 0 Å². The SMILES string of the molecule is CC1=C(C)c2c(ccc(C)c2C)C1. The van der Waals surface area contributed by atoms with E-state index in [1.807, 2.05) is 0 Å². The summed E-state index contributed by atoms with van der Waals surface area (Å²) in [5, 5.41) is 0. The fraction of sp³-hybridized carbons (Fsp3) is 0.385. The van der Waals surface area contributed by atoms with Crippen molar-refractivity contribution in [3.05, 3.63) is 40.0 Å². The summed E-state index contributed by atoms with van der Waals surface area (Å²) in [4.78, 5) is 0. The molecule has 0 heterocycles. The lowest BCUT2D eigenvalue weighted by Gasteiger charge is -2.08. The van der Waals surface area contributed by atoms with Crippen LogP contribution >= 0.6 is 0 Å². The van der Waals surface area contributed by atoms with E-state index in [-0.39, 0.29) is 0 Å². The first-order valence-electron chi connectivity index (χ1n) is 4.87. The standard InChI is InChI=1S/C13H16/c1-8-5-6-12-7-9(2)11(4)13(12)10(8)3/h5-6H,7H2,1-4H3. The molecule has 0 nitrogen and oxygen atoms in total. The van der Waals surface area contributed by atoms with Gasteiger partial charge in [-0.3, -0.25) is 0 Å². The monoisotopic (exact) mass is 172 g/mol. The molecule has 1 aliphatic carbocycles. The number of fused-ring (bicyclic) bond motifs is 1. The molecule has 0 unspecified atom stereocenters. The van der Waals surface area contributed by atoms with Crippen molar-refractivity contribution < 1.29 is 0 Å². The van der Waals surface area contributed by atoms with Gasteiger partial charge in [-0.05, 0) is 61.9 Å². The van der Waals surface area contributed by atoms with Gasteiger partial charge in [-0.2, -0.15) is 0 Å². The van der Waals surface area contributed by atoms with Crippen molar-refractivity contribution in [2.75, 3.05) is 0 Å². The van der Waals surface area contributed by atoms with Gasteiger partial charge < -0.3 is 0 Å². The van der Waals surface area contributed by atoms with E-state index in [0.29, 0.717) is 0 Å². The summed E-state index contributed by atoms with van der Waals surface area (Å²) in [5.41, 5.74) is 8.93. The summed E-state index contributed by atoms with van der Waals surface area (Å²) in [6.07, 6.45) is 1.16. The minimum atomic E-state index is 1.16. The van der Waals surface area contributed by atoms with E-state index in [2.05, 4.69) is 39.8 Å². The number of benzene rings is 1. The molecule has 0 heteroatoms. The van der Waals surface area contributed by atoms with Crippen molar-refractivity contribution in [1.82, 2.24) is 0 Å². The zero-order chi connectivity index (χ0) is 9.59. The molecule has 0 fully saturated rings. The number of allylic oxidation sites excluding steroid dienone is 2. The van der Waals surface area contributed by atoms with Crippen molar-refractivity contribution in [2.45, 2.75) is 34.1 Å². The second-order valence-electron chi connectivity index (χ2n) is 4.12. The predicted octanol–water partition coefficient (Wildman–Crippen LogP) is 3.65. The zero-order valence-electron chi connectivity index (χ0n) is 8.86. The topological polar surface area (TPSA) is 0 Å². The van der Waals surface area contributed by atoms with Crippen LogP contribution in [0.3, 0.4) is 0 Å². The van der Waals surface area contributed by atoms with Gasteiger partial charge in [0.2, 0.25) is 0 Å². The Balaban J connectivity index is 2.71. The normalized spacial score (nSPS) is 15.1. The van der Waals surface area contributed by atoms with Crippen molar-refractivity contribution in [1.29, 1.82) is 0 Å². The van der Waals surface area contributed by atoms with Crippen molar-refractivity contribution >= 4 is 5.57 Å². The number of hydrogen-bond donors (Lipinski definition) is 0. The highest BCUT2D eigenvalue weighted by molar-refractivity contribution is 5.77. The Bertz CT molecular complexity index is 395. The van der Waals surface area contributed by atoms with Crippen LogP contribution in [-0.2, 0) is 6.42 Å². The van der Waals surface area contributed by atoms with Gasteiger partial charge in [-0.1, -0.05) is 17.7 Å². The third-order valence-corrected chi connectivity index (χ3v) is 3.29. The molecule has 0 aromatic heterocycles. The highest BCUT2D eigenvalue weighted by Crippen LogP contribution is 2.35. The molecule has 0 aliphatic heterocycles. The fourth-order valence-electron chi connectivity index (χ4n) is 2.17. The Morgan fingerprint density at radius 1 is 1.00 bits per heavy atom. The molecular weight excluding hydrogens is 156 g/mol. The summed E-state index contributed by atoms with van der Waals surface area (Å²) >= 11 is 0. The maximum absolute atomic E-state index is 2.28. The van der Waals surface area contributed by atoms with Crippen LogP contribution in [0.5, 0.6) is 0 Å². The third-order valence-electron chi connectivity index (χ3n) is 3.29. The smallest absolute Gasteiger partial charge is 0.00578 e. The quantitative estimate of drug-likeness (QED) is 0.560. The van der Waals surface area contributed by atoms with Crippen molar-refractivity contribution in [3.63, 3.8) is 0 Å². The average Bonchev–Trinajstić information content (AvgIpc) is 2.37. The van der Waals surface area contributed by atoms with Crippen LogP contribution in [0.1, 0.15) is 36.1 Å². The molecule has 1 aromatic carbocycles. The molecule has 0 bridgehead atoms. The molecule has 68 valence electrons. The van der Waals surface area contributed by atoms with Gasteiger partial charge in [0.15, 0.2) is 0 Å². The molecule has 0 spiro atoms. The first-order valence-corrected chi connectivity index (χ1v) is 4.87. The number of aryl methyl sites for hydroxylation is 1. The van der Waals surface area contributed by atoms with Crippen LogP contribution in [0.25, 0.3) is 5.57 Å². The Morgan fingerprint density at radius 2 is 1.69 bits per heavy atom. The molecule has 13 heavy (non-hydrogen) atoms. The molecule has 0 radical (unpaired) electrons. The maximum atomic E-state index is 2.28. The lowest BCUT2D eigenvalue weighted by molar-refractivity contribution is 1.18. The Labute approximate surface area is 80.3 Å². The zero-order valence-corrected chi connectivity index (χ0v) is 8.86. The van der Waals surface area contributed by atoms with Crippen LogP contribution in [0.4, 0.5) is 0 Å². The molecule has 2 rings (SSSR count). The third kappa shape index (κ3) is 1.13. The van der Waals surface area contributed by atoms with E-state index in [4.69, 9.17) is 0 Å².